The number of anilines is 1. The molecule has 1 amide bonds. The average Bonchev–Trinajstić information content (AvgIpc) is 2.40. The second kappa shape index (κ2) is 6.76. The first-order chi connectivity index (χ1) is 9.95. The lowest BCUT2D eigenvalue weighted by Crippen LogP contribution is -2.30. The molecule has 0 aliphatic carbocycles. The molecule has 110 valence electrons. The molecule has 1 N–H and O–H groups in total. The van der Waals surface area contributed by atoms with Gasteiger partial charge in [0.2, 0.25) is 0 Å². The van der Waals surface area contributed by atoms with Gasteiger partial charge in [0.15, 0.2) is 6.10 Å². The highest BCUT2D eigenvalue weighted by atomic mass is 79.9. The van der Waals surface area contributed by atoms with Gasteiger partial charge in [0, 0.05) is 4.47 Å². The summed E-state index contributed by atoms with van der Waals surface area (Å²) >= 11 is 3.40. The molecule has 4 heteroatoms. The number of ether oxygens (including phenoxy) is 1. The largest absolute Gasteiger partial charge is 0.481 e. The highest BCUT2D eigenvalue weighted by molar-refractivity contribution is 9.10. The van der Waals surface area contributed by atoms with E-state index in [0.717, 1.165) is 21.3 Å². The van der Waals surface area contributed by atoms with Gasteiger partial charge in [-0.15, -0.1) is 0 Å². The Hall–Kier alpha value is -1.81. The number of benzene rings is 2. The standard InChI is InChI=1S/C17H18BrNO2/c1-11-8-12(2)10-14(9-11)21-13(3)17(20)19-16-7-5-4-6-15(16)18/h4-10,13H,1-3H3,(H,19,20). The highest BCUT2D eigenvalue weighted by Crippen LogP contribution is 2.22. The zero-order valence-corrected chi connectivity index (χ0v) is 13.9. The van der Waals surface area contributed by atoms with E-state index in [4.69, 9.17) is 4.74 Å². The third-order valence-corrected chi connectivity index (χ3v) is 3.70. The molecule has 1 atom stereocenters. The smallest absolute Gasteiger partial charge is 0.265 e. The fourth-order valence-electron chi connectivity index (χ4n) is 2.06. The molecule has 0 heterocycles. The number of amides is 1. The van der Waals surface area contributed by atoms with Crippen molar-refractivity contribution in [1.82, 2.24) is 0 Å². The highest BCUT2D eigenvalue weighted by Gasteiger charge is 2.16. The van der Waals surface area contributed by atoms with E-state index in [1.54, 1.807) is 6.92 Å². The molecule has 0 spiro atoms. The zero-order chi connectivity index (χ0) is 15.4. The maximum atomic E-state index is 12.2. The van der Waals surface area contributed by atoms with E-state index < -0.39 is 6.10 Å². The Balaban J connectivity index is 2.04. The van der Waals surface area contributed by atoms with Crippen LogP contribution in [0.1, 0.15) is 18.1 Å². The maximum Gasteiger partial charge on any atom is 0.265 e. The van der Waals surface area contributed by atoms with Gasteiger partial charge in [-0.1, -0.05) is 18.2 Å². The molecule has 0 saturated carbocycles. The maximum absolute atomic E-state index is 12.2. The second-order valence-electron chi connectivity index (χ2n) is 5.05. The SMILES string of the molecule is Cc1cc(C)cc(OC(C)C(=O)Nc2ccccc2Br)c1. The molecule has 0 bridgehead atoms. The molecule has 0 fully saturated rings. The van der Waals surface area contributed by atoms with Crippen molar-refractivity contribution in [1.29, 1.82) is 0 Å². The number of hydrogen-bond acceptors (Lipinski definition) is 2. The van der Waals surface area contributed by atoms with Gasteiger partial charge in [0.25, 0.3) is 5.91 Å². The van der Waals surface area contributed by atoms with Gasteiger partial charge < -0.3 is 10.1 Å². The molecule has 0 saturated heterocycles. The lowest BCUT2D eigenvalue weighted by Gasteiger charge is -2.16. The van der Waals surface area contributed by atoms with E-state index in [1.807, 2.05) is 50.2 Å². The lowest BCUT2D eigenvalue weighted by atomic mass is 10.1. The second-order valence-corrected chi connectivity index (χ2v) is 5.91. The first kappa shape index (κ1) is 15.6. The van der Waals surface area contributed by atoms with Crippen LogP contribution in [-0.4, -0.2) is 12.0 Å². The van der Waals surface area contributed by atoms with E-state index in [2.05, 4.69) is 27.3 Å². The third kappa shape index (κ3) is 4.33. The average molecular weight is 348 g/mol. The van der Waals surface area contributed by atoms with Gasteiger partial charge in [-0.2, -0.15) is 0 Å². The first-order valence-electron chi connectivity index (χ1n) is 6.76. The van der Waals surface area contributed by atoms with Crippen LogP contribution in [0.3, 0.4) is 0 Å². The van der Waals surface area contributed by atoms with Crippen molar-refractivity contribution in [2.24, 2.45) is 0 Å². The Bertz CT molecular complexity index is 635. The van der Waals surface area contributed by atoms with Crippen LogP contribution >= 0.6 is 15.9 Å². The van der Waals surface area contributed by atoms with Gasteiger partial charge in [-0.05, 0) is 72.1 Å². The minimum atomic E-state index is -0.571. The quantitative estimate of drug-likeness (QED) is 0.885. The van der Waals surface area contributed by atoms with Crippen molar-refractivity contribution >= 4 is 27.5 Å². The lowest BCUT2D eigenvalue weighted by molar-refractivity contribution is -0.122. The van der Waals surface area contributed by atoms with E-state index in [0.29, 0.717) is 5.75 Å². The van der Waals surface area contributed by atoms with Crippen LogP contribution in [0.2, 0.25) is 0 Å². The molecule has 0 aliphatic rings. The summed E-state index contributed by atoms with van der Waals surface area (Å²) in [6, 6.07) is 13.4. The summed E-state index contributed by atoms with van der Waals surface area (Å²) < 4.78 is 6.57. The third-order valence-electron chi connectivity index (χ3n) is 3.01. The summed E-state index contributed by atoms with van der Waals surface area (Å²) in [6.45, 7) is 5.75. The fourth-order valence-corrected chi connectivity index (χ4v) is 2.44. The van der Waals surface area contributed by atoms with Gasteiger partial charge in [0.05, 0.1) is 5.69 Å². The van der Waals surface area contributed by atoms with Crippen LogP contribution in [0.4, 0.5) is 5.69 Å². The number of hydrogen-bond donors (Lipinski definition) is 1. The normalized spacial score (nSPS) is 11.8. The molecule has 2 aromatic rings. The Morgan fingerprint density at radius 3 is 2.38 bits per heavy atom. The number of aryl methyl sites for hydroxylation is 2. The van der Waals surface area contributed by atoms with Crippen LogP contribution in [0.5, 0.6) is 5.75 Å². The van der Waals surface area contributed by atoms with E-state index in [1.165, 1.54) is 0 Å². The van der Waals surface area contributed by atoms with Crippen LogP contribution in [0.25, 0.3) is 0 Å². The van der Waals surface area contributed by atoms with Crippen molar-refractivity contribution in [3.63, 3.8) is 0 Å². The van der Waals surface area contributed by atoms with Gasteiger partial charge >= 0.3 is 0 Å². The van der Waals surface area contributed by atoms with Gasteiger partial charge in [0.1, 0.15) is 5.75 Å². The predicted octanol–water partition coefficient (Wildman–Crippen LogP) is 4.47. The molecule has 0 radical (unpaired) electrons. The molecule has 3 nitrogen and oxygen atoms in total. The Kier molecular flexibility index (Phi) is 5.02. The van der Waals surface area contributed by atoms with Crippen molar-refractivity contribution in [2.45, 2.75) is 26.9 Å². The molecule has 0 aliphatic heterocycles. The Labute approximate surface area is 133 Å². The molecule has 1 unspecified atom stereocenters. The van der Waals surface area contributed by atoms with Crippen LogP contribution in [0, 0.1) is 13.8 Å². The van der Waals surface area contributed by atoms with Crippen LogP contribution < -0.4 is 10.1 Å². The Morgan fingerprint density at radius 1 is 1.14 bits per heavy atom. The number of para-hydroxylation sites is 1. The van der Waals surface area contributed by atoms with Gasteiger partial charge in [-0.25, -0.2) is 0 Å². The zero-order valence-electron chi connectivity index (χ0n) is 12.3. The molecule has 2 aromatic carbocycles. The molecular weight excluding hydrogens is 330 g/mol. The van der Waals surface area contributed by atoms with Gasteiger partial charge in [-0.3, -0.25) is 4.79 Å². The Morgan fingerprint density at radius 2 is 1.76 bits per heavy atom. The van der Waals surface area contributed by atoms with E-state index >= 15 is 0 Å². The summed E-state index contributed by atoms with van der Waals surface area (Å²) in [5.41, 5.74) is 2.96. The molecule has 2 rings (SSSR count). The number of halogens is 1. The minimum absolute atomic E-state index is 0.180. The minimum Gasteiger partial charge on any atom is -0.481 e. The number of carbonyl (C=O) groups excluding carboxylic acids is 1. The predicted molar refractivity (Wildman–Crippen MR) is 88.8 cm³/mol. The number of nitrogens with one attached hydrogen (secondary N) is 1. The van der Waals surface area contributed by atoms with Crippen molar-refractivity contribution in [3.05, 3.63) is 58.1 Å². The number of carbonyl (C=O) groups is 1. The van der Waals surface area contributed by atoms with Crippen LogP contribution in [-0.2, 0) is 4.79 Å². The first-order valence-corrected chi connectivity index (χ1v) is 7.55. The van der Waals surface area contributed by atoms with Crippen LogP contribution in [0.15, 0.2) is 46.9 Å². The molecule has 0 aromatic heterocycles. The summed E-state index contributed by atoms with van der Waals surface area (Å²) in [6.07, 6.45) is -0.571. The summed E-state index contributed by atoms with van der Waals surface area (Å²) in [5.74, 6) is 0.531. The van der Waals surface area contributed by atoms with Crippen molar-refractivity contribution < 1.29 is 9.53 Å². The van der Waals surface area contributed by atoms with Crippen molar-refractivity contribution in [3.8, 4) is 5.75 Å². The summed E-state index contributed by atoms with van der Waals surface area (Å²) in [5, 5.41) is 2.85. The topological polar surface area (TPSA) is 38.3 Å². The van der Waals surface area contributed by atoms with E-state index in [9.17, 15) is 4.79 Å². The monoisotopic (exact) mass is 347 g/mol. The van der Waals surface area contributed by atoms with E-state index in [-0.39, 0.29) is 5.91 Å². The number of rotatable bonds is 4. The summed E-state index contributed by atoms with van der Waals surface area (Å²) in [4.78, 5) is 12.2. The molecular formula is C17H18BrNO2. The van der Waals surface area contributed by atoms with Crippen molar-refractivity contribution in [2.75, 3.05) is 5.32 Å². The summed E-state index contributed by atoms with van der Waals surface area (Å²) in [7, 11) is 0. The molecule has 21 heavy (non-hydrogen) atoms. The fraction of sp³-hybridized carbons (Fsp3) is 0.235.